The van der Waals surface area contributed by atoms with Gasteiger partial charge in [-0.3, -0.25) is 0 Å². The molecule has 14 heavy (non-hydrogen) atoms. The molecule has 0 heterocycles. The van der Waals surface area contributed by atoms with Gasteiger partial charge in [-0.05, 0) is 12.1 Å². The van der Waals surface area contributed by atoms with Gasteiger partial charge in [0.2, 0.25) is 0 Å². The standard InChI is InChI=1S/C10H15BrN2O/c1-14-6-5-13-10-4-2-3-9(11)8(10)7-12/h2-4,13H,5-7,12H2,1H3. The van der Waals surface area contributed by atoms with Crippen molar-refractivity contribution in [3.63, 3.8) is 0 Å². The zero-order valence-corrected chi connectivity index (χ0v) is 9.80. The molecular formula is C10H15BrN2O. The lowest BCUT2D eigenvalue weighted by molar-refractivity contribution is 0.211. The van der Waals surface area contributed by atoms with Gasteiger partial charge in [-0.25, -0.2) is 0 Å². The summed E-state index contributed by atoms with van der Waals surface area (Å²) in [7, 11) is 1.69. The Bertz CT molecular complexity index is 291. The molecular weight excluding hydrogens is 244 g/mol. The predicted octanol–water partition coefficient (Wildman–Crippen LogP) is 1.97. The number of halogens is 1. The summed E-state index contributed by atoms with van der Waals surface area (Å²) in [5.74, 6) is 0. The SMILES string of the molecule is COCCNc1cccc(Br)c1CN. The molecule has 0 spiro atoms. The van der Waals surface area contributed by atoms with Crippen LogP contribution in [0.1, 0.15) is 5.56 Å². The van der Waals surface area contributed by atoms with E-state index in [4.69, 9.17) is 10.5 Å². The van der Waals surface area contributed by atoms with Gasteiger partial charge >= 0.3 is 0 Å². The van der Waals surface area contributed by atoms with Crippen molar-refractivity contribution in [2.75, 3.05) is 25.6 Å². The molecule has 0 fully saturated rings. The number of nitrogens with one attached hydrogen (secondary N) is 1. The molecule has 0 aliphatic rings. The number of rotatable bonds is 5. The van der Waals surface area contributed by atoms with Gasteiger partial charge in [0.25, 0.3) is 0 Å². The fraction of sp³-hybridized carbons (Fsp3) is 0.400. The smallest absolute Gasteiger partial charge is 0.0635 e. The van der Waals surface area contributed by atoms with Gasteiger partial charge in [0.05, 0.1) is 6.61 Å². The van der Waals surface area contributed by atoms with Crippen molar-refractivity contribution in [3.8, 4) is 0 Å². The Hall–Kier alpha value is -0.580. The maximum atomic E-state index is 5.65. The Morgan fingerprint density at radius 1 is 1.50 bits per heavy atom. The van der Waals surface area contributed by atoms with Crippen LogP contribution in [0.3, 0.4) is 0 Å². The summed E-state index contributed by atoms with van der Waals surface area (Å²) < 4.78 is 6.01. The summed E-state index contributed by atoms with van der Waals surface area (Å²) in [5.41, 5.74) is 7.82. The molecule has 0 aliphatic carbocycles. The van der Waals surface area contributed by atoms with Crippen molar-refractivity contribution in [2.24, 2.45) is 5.73 Å². The first-order valence-corrected chi connectivity index (χ1v) is 5.29. The third-order valence-corrected chi connectivity index (χ3v) is 2.69. The van der Waals surface area contributed by atoms with E-state index in [2.05, 4.69) is 21.2 Å². The molecule has 0 bridgehead atoms. The quantitative estimate of drug-likeness (QED) is 0.795. The zero-order chi connectivity index (χ0) is 10.4. The normalized spacial score (nSPS) is 10.2. The van der Waals surface area contributed by atoms with Gasteiger partial charge in [0, 0.05) is 35.9 Å². The van der Waals surface area contributed by atoms with Crippen LogP contribution in [-0.2, 0) is 11.3 Å². The van der Waals surface area contributed by atoms with E-state index in [1.807, 2.05) is 18.2 Å². The Morgan fingerprint density at radius 2 is 2.29 bits per heavy atom. The highest BCUT2D eigenvalue weighted by molar-refractivity contribution is 9.10. The Kier molecular flexibility index (Phi) is 4.93. The Morgan fingerprint density at radius 3 is 2.93 bits per heavy atom. The summed E-state index contributed by atoms with van der Waals surface area (Å²) in [5, 5.41) is 3.27. The van der Waals surface area contributed by atoms with Crippen LogP contribution in [0.25, 0.3) is 0 Å². The first-order valence-electron chi connectivity index (χ1n) is 4.50. The van der Waals surface area contributed by atoms with Crippen LogP contribution in [-0.4, -0.2) is 20.3 Å². The largest absolute Gasteiger partial charge is 0.383 e. The van der Waals surface area contributed by atoms with Crippen LogP contribution in [0, 0.1) is 0 Å². The van der Waals surface area contributed by atoms with Crippen LogP contribution in [0.2, 0.25) is 0 Å². The second kappa shape index (κ2) is 6.01. The average Bonchev–Trinajstić information content (AvgIpc) is 2.18. The summed E-state index contributed by atoms with van der Waals surface area (Å²) in [4.78, 5) is 0. The van der Waals surface area contributed by atoms with Crippen LogP contribution >= 0.6 is 15.9 Å². The topological polar surface area (TPSA) is 47.3 Å². The minimum atomic E-state index is 0.525. The molecule has 0 saturated heterocycles. The van der Waals surface area contributed by atoms with Gasteiger partial charge in [0.1, 0.15) is 0 Å². The van der Waals surface area contributed by atoms with E-state index in [1.54, 1.807) is 7.11 Å². The third kappa shape index (κ3) is 2.97. The van der Waals surface area contributed by atoms with Gasteiger partial charge in [0.15, 0.2) is 0 Å². The Balaban J connectivity index is 2.70. The van der Waals surface area contributed by atoms with E-state index >= 15 is 0 Å². The Labute approximate surface area is 92.8 Å². The molecule has 0 saturated carbocycles. The number of benzene rings is 1. The summed E-state index contributed by atoms with van der Waals surface area (Å²) in [6.07, 6.45) is 0. The van der Waals surface area contributed by atoms with Gasteiger partial charge < -0.3 is 15.8 Å². The van der Waals surface area contributed by atoms with E-state index in [0.29, 0.717) is 13.2 Å². The molecule has 1 rings (SSSR count). The van der Waals surface area contributed by atoms with Crippen molar-refractivity contribution in [1.82, 2.24) is 0 Å². The molecule has 0 unspecified atom stereocenters. The lowest BCUT2D eigenvalue weighted by Gasteiger charge is -2.11. The summed E-state index contributed by atoms with van der Waals surface area (Å²) >= 11 is 3.47. The molecule has 1 aromatic carbocycles. The maximum Gasteiger partial charge on any atom is 0.0635 e. The monoisotopic (exact) mass is 258 g/mol. The van der Waals surface area contributed by atoms with E-state index in [1.165, 1.54) is 0 Å². The highest BCUT2D eigenvalue weighted by atomic mass is 79.9. The highest BCUT2D eigenvalue weighted by Gasteiger charge is 2.03. The highest BCUT2D eigenvalue weighted by Crippen LogP contribution is 2.23. The molecule has 1 aromatic rings. The van der Waals surface area contributed by atoms with Crippen LogP contribution in [0.5, 0.6) is 0 Å². The van der Waals surface area contributed by atoms with Crippen molar-refractivity contribution in [3.05, 3.63) is 28.2 Å². The van der Waals surface area contributed by atoms with Gasteiger partial charge in [-0.2, -0.15) is 0 Å². The molecule has 78 valence electrons. The maximum absolute atomic E-state index is 5.65. The first kappa shape index (κ1) is 11.5. The zero-order valence-electron chi connectivity index (χ0n) is 8.22. The minimum absolute atomic E-state index is 0.525. The van der Waals surface area contributed by atoms with Crippen molar-refractivity contribution in [2.45, 2.75) is 6.54 Å². The lowest BCUT2D eigenvalue weighted by Crippen LogP contribution is -2.11. The number of anilines is 1. The third-order valence-electron chi connectivity index (χ3n) is 1.94. The van der Waals surface area contributed by atoms with E-state index in [9.17, 15) is 0 Å². The van der Waals surface area contributed by atoms with Gasteiger partial charge in [-0.1, -0.05) is 22.0 Å². The fourth-order valence-electron chi connectivity index (χ4n) is 1.22. The average molecular weight is 259 g/mol. The van der Waals surface area contributed by atoms with Crippen molar-refractivity contribution >= 4 is 21.6 Å². The fourth-order valence-corrected chi connectivity index (χ4v) is 1.75. The summed E-state index contributed by atoms with van der Waals surface area (Å²) in [6.45, 7) is 2.01. The lowest BCUT2D eigenvalue weighted by atomic mass is 10.2. The molecule has 0 atom stereocenters. The van der Waals surface area contributed by atoms with Crippen molar-refractivity contribution < 1.29 is 4.74 Å². The second-order valence-corrected chi connectivity index (χ2v) is 3.74. The minimum Gasteiger partial charge on any atom is -0.383 e. The number of ether oxygens (including phenoxy) is 1. The molecule has 3 nitrogen and oxygen atoms in total. The molecule has 0 radical (unpaired) electrons. The molecule has 0 amide bonds. The molecule has 4 heteroatoms. The van der Waals surface area contributed by atoms with E-state index in [-0.39, 0.29) is 0 Å². The van der Waals surface area contributed by atoms with Gasteiger partial charge in [-0.15, -0.1) is 0 Å². The van der Waals surface area contributed by atoms with Crippen LogP contribution in [0.15, 0.2) is 22.7 Å². The number of methoxy groups -OCH3 is 1. The molecule has 0 aromatic heterocycles. The number of hydrogen-bond acceptors (Lipinski definition) is 3. The number of nitrogens with two attached hydrogens (primary N) is 1. The summed E-state index contributed by atoms with van der Waals surface area (Å²) in [6, 6.07) is 5.99. The van der Waals surface area contributed by atoms with Crippen LogP contribution < -0.4 is 11.1 Å². The predicted molar refractivity (Wildman–Crippen MR) is 62.4 cm³/mol. The number of hydrogen-bond donors (Lipinski definition) is 2. The van der Waals surface area contributed by atoms with Crippen LogP contribution in [0.4, 0.5) is 5.69 Å². The first-order chi connectivity index (χ1) is 6.79. The molecule has 0 aliphatic heterocycles. The van der Waals surface area contributed by atoms with E-state index in [0.717, 1.165) is 22.3 Å². The molecule has 3 N–H and O–H groups in total. The van der Waals surface area contributed by atoms with Crippen molar-refractivity contribution in [1.29, 1.82) is 0 Å². The second-order valence-electron chi connectivity index (χ2n) is 2.89. The van der Waals surface area contributed by atoms with E-state index < -0.39 is 0 Å².